The Morgan fingerprint density at radius 2 is 2.05 bits per heavy atom. The van der Waals surface area contributed by atoms with Gasteiger partial charge in [-0.1, -0.05) is 0 Å². The number of carbonyl (C=O) groups is 1. The van der Waals surface area contributed by atoms with Crippen LogP contribution in [0.1, 0.15) is 21.5 Å². The Hall–Kier alpha value is -2.31. The topological polar surface area (TPSA) is 55.1 Å². The highest BCUT2D eigenvalue weighted by Gasteiger charge is 2.35. The third-order valence-corrected chi connectivity index (χ3v) is 2.52. The lowest BCUT2D eigenvalue weighted by molar-refractivity contribution is -0.138. The van der Waals surface area contributed by atoms with Gasteiger partial charge in [-0.3, -0.25) is 0 Å². The minimum atomic E-state index is -4.73. The van der Waals surface area contributed by atoms with Crippen molar-refractivity contribution in [1.29, 1.82) is 0 Å². The molecule has 0 bridgehead atoms. The van der Waals surface area contributed by atoms with Crippen LogP contribution in [-0.4, -0.2) is 20.9 Å². The van der Waals surface area contributed by atoms with Crippen molar-refractivity contribution >= 4 is 5.97 Å². The molecule has 0 atom stereocenters. The summed E-state index contributed by atoms with van der Waals surface area (Å²) in [4.78, 5) is 10.8. The van der Waals surface area contributed by atoms with E-state index in [0.29, 0.717) is 0 Å². The van der Waals surface area contributed by atoms with E-state index in [2.05, 4.69) is 5.10 Å². The predicted octanol–water partition coefficient (Wildman–Crippen LogP) is 2.90. The first-order valence-corrected chi connectivity index (χ1v) is 5.25. The number of hydrogen-bond acceptors (Lipinski definition) is 2. The molecule has 1 N–H and O–H groups in total. The lowest BCUT2D eigenvalue weighted by atomic mass is 10.1. The van der Waals surface area contributed by atoms with Gasteiger partial charge >= 0.3 is 12.1 Å². The summed E-state index contributed by atoms with van der Waals surface area (Å²) in [7, 11) is 0. The summed E-state index contributed by atoms with van der Waals surface area (Å²) >= 11 is 0. The number of hydrogen-bond donors (Lipinski definition) is 1. The summed E-state index contributed by atoms with van der Waals surface area (Å²) in [6.07, 6.45) is -1.68. The molecule has 0 spiro atoms. The van der Waals surface area contributed by atoms with E-state index < -0.39 is 23.3 Å². The molecule has 19 heavy (non-hydrogen) atoms. The molecule has 1 aromatic heterocycles. The van der Waals surface area contributed by atoms with Crippen LogP contribution < -0.4 is 0 Å². The van der Waals surface area contributed by atoms with E-state index in [1.165, 1.54) is 16.9 Å². The van der Waals surface area contributed by atoms with Gasteiger partial charge in [0.05, 0.1) is 23.0 Å². The molecule has 1 aromatic carbocycles. The molecule has 0 amide bonds. The van der Waals surface area contributed by atoms with Crippen molar-refractivity contribution in [1.82, 2.24) is 9.78 Å². The average molecular weight is 270 g/mol. The number of alkyl halides is 3. The molecule has 0 saturated carbocycles. The summed E-state index contributed by atoms with van der Waals surface area (Å²) in [5.41, 5.74) is -1.02. The second-order valence-corrected chi connectivity index (χ2v) is 4.00. The van der Waals surface area contributed by atoms with E-state index in [0.717, 1.165) is 17.7 Å². The molecule has 0 unspecified atom stereocenters. The number of aromatic carboxylic acids is 1. The van der Waals surface area contributed by atoms with Crippen LogP contribution in [0.4, 0.5) is 13.2 Å². The van der Waals surface area contributed by atoms with E-state index in [-0.39, 0.29) is 5.69 Å². The third kappa shape index (κ3) is 2.59. The van der Waals surface area contributed by atoms with Gasteiger partial charge in [0, 0.05) is 6.20 Å². The Morgan fingerprint density at radius 3 is 2.53 bits per heavy atom. The first-order valence-electron chi connectivity index (χ1n) is 5.25. The number of carboxylic acids is 1. The van der Waals surface area contributed by atoms with Gasteiger partial charge in [-0.05, 0) is 30.7 Å². The highest BCUT2D eigenvalue weighted by Crippen LogP contribution is 2.33. The fraction of sp³-hybridized carbons (Fsp3) is 0.167. The van der Waals surface area contributed by atoms with Gasteiger partial charge in [-0.25, -0.2) is 9.48 Å². The second-order valence-electron chi connectivity index (χ2n) is 4.00. The number of carboxylic acid groups (broad SMARTS) is 1. The molecule has 2 aromatic rings. The van der Waals surface area contributed by atoms with E-state index >= 15 is 0 Å². The molecule has 4 nitrogen and oxygen atoms in total. The van der Waals surface area contributed by atoms with Gasteiger partial charge in [0.1, 0.15) is 0 Å². The first kappa shape index (κ1) is 13.1. The number of halogens is 3. The highest BCUT2D eigenvalue weighted by atomic mass is 19.4. The van der Waals surface area contributed by atoms with Crippen LogP contribution >= 0.6 is 0 Å². The molecule has 0 aliphatic rings. The van der Waals surface area contributed by atoms with Gasteiger partial charge in [0.15, 0.2) is 0 Å². The fourth-order valence-electron chi connectivity index (χ4n) is 1.65. The third-order valence-electron chi connectivity index (χ3n) is 2.52. The number of aromatic nitrogens is 2. The van der Waals surface area contributed by atoms with Gasteiger partial charge in [-0.15, -0.1) is 0 Å². The van der Waals surface area contributed by atoms with Gasteiger partial charge in [0.2, 0.25) is 0 Å². The first-order chi connectivity index (χ1) is 8.79. The Morgan fingerprint density at radius 1 is 1.37 bits per heavy atom. The van der Waals surface area contributed by atoms with Crippen LogP contribution in [0, 0.1) is 6.92 Å². The second kappa shape index (κ2) is 4.42. The molecule has 7 heteroatoms. The smallest absolute Gasteiger partial charge is 0.417 e. The summed E-state index contributed by atoms with van der Waals surface area (Å²) in [6, 6.07) is 2.98. The largest absolute Gasteiger partial charge is 0.478 e. The van der Waals surface area contributed by atoms with Crippen molar-refractivity contribution in [2.45, 2.75) is 13.1 Å². The lowest BCUT2D eigenvalue weighted by Gasteiger charge is -2.12. The van der Waals surface area contributed by atoms with E-state index in [1.807, 2.05) is 0 Å². The van der Waals surface area contributed by atoms with Crippen LogP contribution in [0.15, 0.2) is 30.6 Å². The number of aryl methyl sites for hydroxylation is 1. The lowest BCUT2D eigenvalue weighted by Crippen LogP contribution is -2.13. The molecule has 2 rings (SSSR count). The van der Waals surface area contributed by atoms with E-state index in [4.69, 9.17) is 5.11 Å². The molecular weight excluding hydrogens is 261 g/mol. The van der Waals surface area contributed by atoms with E-state index in [9.17, 15) is 18.0 Å². The predicted molar refractivity (Wildman–Crippen MR) is 60.3 cm³/mol. The molecule has 0 aliphatic carbocycles. The van der Waals surface area contributed by atoms with Crippen molar-refractivity contribution < 1.29 is 23.1 Å². The van der Waals surface area contributed by atoms with Crippen LogP contribution in [-0.2, 0) is 6.18 Å². The Labute approximate surface area is 106 Å². The molecule has 0 fully saturated rings. The molecular formula is C12H9F3N2O2. The molecule has 100 valence electrons. The fourth-order valence-corrected chi connectivity index (χ4v) is 1.65. The summed E-state index contributed by atoms with van der Waals surface area (Å²) < 4.78 is 39.7. The van der Waals surface area contributed by atoms with Gasteiger partial charge in [0.25, 0.3) is 0 Å². The quantitative estimate of drug-likeness (QED) is 0.912. The minimum Gasteiger partial charge on any atom is -0.478 e. The normalized spacial score (nSPS) is 11.6. The molecule has 1 heterocycles. The zero-order valence-electron chi connectivity index (χ0n) is 9.77. The van der Waals surface area contributed by atoms with Crippen molar-refractivity contribution in [2.75, 3.05) is 0 Å². The van der Waals surface area contributed by atoms with E-state index in [1.54, 1.807) is 13.1 Å². The zero-order valence-corrected chi connectivity index (χ0v) is 9.77. The summed E-state index contributed by atoms with van der Waals surface area (Å²) in [5.74, 6) is -1.62. The highest BCUT2D eigenvalue weighted by molar-refractivity contribution is 5.90. The molecule has 0 radical (unpaired) electrons. The van der Waals surface area contributed by atoms with Crippen molar-refractivity contribution in [2.24, 2.45) is 0 Å². The zero-order chi connectivity index (χ0) is 14.2. The Bertz CT molecular complexity index is 632. The average Bonchev–Trinajstić information content (AvgIpc) is 2.74. The Kier molecular flexibility index (Phi) is 3.05. The van der Waals surface area contributed by atoms with Crippen LogP contribution in [0.25, 0.3) is 5.69 Å². The summed E-state index contributed by atoms with van der Waals surface area (Å²) in [5, 5.41) is 12.7. The standard InChI is InChI=1S/C12H9F3N2O2/c1-7-5-16-17(6-7)8-2-3-9(11(18)19)10(4-8)12(13,14)15/h2-6H,1H3,(H,18,19). The number of rotatable bonds is 2. The van der Waals surface area contributed by atoms with Gasteiger partial charge in [-0.2, -0.15) is 18.3 Å². The van der Waals surface area contributed by atoms with Crippen molar-refractivity contribution in [3.8, 4) is 5.69 Å². The molecule has 0 saturated heterocycles. The van der Waals surface area contributed by atoms with Crippen LogP contribution in [0.2, 0.25) is 0 Å². The monoisotopic (exact) mass is 270 g/mol. The van der Waals surface area contributed by atoms with Crippen molar-refractivity contribution in [3.05, 3.63) is 47.3 Å². The minimum absolute atomic E-state index is 0.158. The van der Waals surface area contributed by atoms with Gasteiger partial charge < -0.3 is 5.11 Å². The Balaban J connectivity index is 2.59. The maximum atomic E-state index is 12.8. The van der Waals surface area contributed by atoms with Crippen LogP contribution in [0.3, 0.4) is 0 Å². The maximum absolute atomic E-state index is 12.8. The number of benzene rings is 1. The van der Waals surface area contributed by atoms with Crippen molar-refractivity contribution in [3.63, 3.8) is 0 Å². The number of nitrogens with zero attached hydrogens (tertiary/aromatic N) is 2. The maximum Gasteiger partial charge on any atom is 0.417 e. The van der Waals surface area contributed by atoms with Crippen LogP contribution in [0.5, 0.6) is 0 Å². The summed E-state index contributed by atoms with van der Waals surface area (Å²) in [6.45, 7) is 1.75. The SMILES string of the molecule is Cc1cnn(-c2ccc(C(=O)O)c(C(F)(F)F)c2)c1. The molecule has 0 aliphatic heterocycles.